The minimum Gasteiger partial charge on any atom is -1.00 e. The zero-order valence-electron chi connectivity index (χ0n) is 9.93. The van der Waals surface area contributed by atoms with Crippen LogP contribution in [0.2, 0.25) is 0 Å². The molecule has 3 atom stereocenters. The Morgan fingerprint density at radius 1 is 1.67 bits per heavy atom. The summed E-state index contributed by atoms with van der Waals surface area (Å²) in [5, 5.41) is 8.87. The van der Waals surface area contributed by atoms with Gasteiger partial charge < -0.3 is 17.2 Å². The summed E-state index contributed by atoms with van der Waals surface area (Å²) < 4.78 is -0.458. The van der Waals surface area contributed by atoms with Crippen molar-refractivity contribution in [3.63, 3.8) is 0 Å². The molecule has 2 rings (SSSR count). The Bertz CT molecular complexity index is 328. The van der Waals surface area contributed by atoms with Crippen molar-refractivity contribution >= 4 is 23.6 Å². The molecule has 0 aromatic rings. The first-order valence-electron chi connectivity index (χ1n) is 4.34. The molecule has 0 aromatic carbocycles. The number of carboxylic acid groups (broad SMARTS) is 1. The molecular weight excluding hydrogens is 243 g/mol. The number of carbonyl (C=O) groups excluding carboxylic acids is 1. The van der Waals surface area contributed by atoms with Crippen LogP contribution >= 0.6 is 11.8 Å². The van der Waals surface area contributed by atoms with Crippen molar-refractivity contribution in [2.24, 2.45) is 5.73 Å². The summed E-state index contributed by atoms with van der Waals surface area (Å²) in [4.78, 5) is 23.8. The maximum Gasteiger partial charge on any atom is 1.00 e. The third-order valence-electron chi connectivity index (χ3n) is 2.72. The zero-order chi connectivity index (χ0) is 10.7. The summed E-state index contributed by atoms with van der Waals surface area (Å²) >= 11 is 1.47. The van der Waals surface area contributed by atoms with Crippen LogP contribution < -0.4 is 57.1 Å². The second-order valence-corrected chi connectivity index (χ2v) is 5.89. The van der Waals surface area contributed by atoms with Gasteiger partial charge in [0.15, 0.2) is 0 Å². The Balaban J connectivity index is 0.00000112. The maximum atomic E-state index is 11.4. The van der Waals surface area contributed by atoms with Gasteiger partial charge in [-0.2, -0.15) is 0 Å². The van der Waals surface area contributed by atoms with E-state index in [-0.39, 0.29) is 64.1 Å². The van der Waals surface area contributed by atoms with E-state index in [0.29, 0.717) is 0 Å². The van der Waals surface area contributed by atoms with Gasteiger partial charge in [0.25, 0.3) is 0 Å². The number of carboxylic acids is 1. The molecule has 0 radical (unpaired) electrons. The molecule has 2 aliphatic heterocycles. The average molecular weight is 256 g/mol. The van der Waals surface area contributed by atoms with Crippen molar-refractivity contribution in [2.75, 3.05) is 0 Å². The number of hydrogen-bond donors (Lipinski definition) is 2. The van der Waals surface area contributed by atoms with Crippen molar-refractivity contribution in [2.45, 2.75) is 36.1 Å². The zero-order valence-corrected chi connectivity index (χ0v) is 12.9. The van der Waals surface area contributed by atoms with Crippen LogP contribution in [0.25, 0.3) is 0 Å². The van der Waals surface area contributed by atoms with Crippen LogP contribution in [0.5, 0.6) is 0 Å². The van der Waals surface area contributed by atoms with E-state index >= 15 is 0 Å². The molecule has 2 fully saturated rings. The number of amides is 1. The van der Waals surface area contributed by atoms with Crippen LogP contribution in [0.3, 0.4) is 0 Å². The number of rotatable bonds is 1. The van der Waals surface area contributed by atoms with Gasteiger partial charge in [0.05, 0.1) is 0 Å². The number of thioether (sulfide) groups is 1. The molecule has 2 aliphatic rings. The first-order valence-corrected chi connectivity index (χ1v) is 5.22. The van der Waals surface area contributed by atoms with Gasteiger partial charge >= 0.3 is 57.4 Å². The monoisotopic (exact) mass is 256 g/mol. The van der Waals surface area contributed by atoms with Gasteiger partial charge in [0.2, 0.25) is 5.91 Å². The van der Waals surface area contributed by atoms with E-state index in [0.717, 1.165) is 0 Å². The van der Waals surface area contributed by atoms with Crippen LogP contribution in [0, 0.1) is 0 Å². The minimum atomic E-state index is -0.953. The normalized spacial score (nSPS) is 36.6. The van der Waals surface area contributed by atoms with Gasteiger partial charge in [-0.1, -0.05) is 0 Å². The molecule has 0 aliphatic carbocycles. The quantitative estimate of drug-likeness (QED) is 0.377. The van der Waals surface area contributed by atoms with Gasteiger partial charge in [-0.05, 0) is 13.8 Å². The van der Waals surface area contributed by atoms with E-state index in [1.165, 1.54) is 16.7 Å². The van der Waals surface area contributed by atoms with E-state index in [9.17, 15) is 9.59 Å². The third kappa shape index (κ3) is 1.92. The Morgan fingerprint density at radius 2 is 2.20 bits per heavy atom. The molecule has 15 heavy (non-hydrogen) atoms. The van der Waals surface area contributed by atoms with E-state index in [1.807, 2.05) is 13.8 Å². The largest absolute Gasteiger partial charge is 1.00 e. The molecule has 5 nitrogen and oxygen atoms in total. The summed E-state index contributed by atoms with van der Waals surface area (Å²) in [6.45, 7) is 3.66. The molecule has 0 aromatic heterocycles. The summed E-state index contributed by atoms with van der Waals surface area (Å²) in [5.41, 5.74) is 5.59. The fourth-order valence-corrected chi connectivity index (χ4v) is 3.61. The summed E-state index contributed by atoms with van der Waals surface area (Å²) in [6, 6.07) is -1.27. The van der Waals surface area contributed by atoms with Crippen LogP contribution in [0.4, 0.5) is 0 Å². The smallest absolute Gasteiger partial charge is 1.00 e. The SMILES string of the molecule is CC1(C)S[C@@H]2C(N)C(=O)N2[C@H]1C(=O)O.[H-].[K+]. The van der Waals surface area contributed by atoms with Gasteiger partial charge in [0.1, 0.15) is 17.5 Å². The maximum absolute atomic E-state index is 11.4. The van der Waals surface area contributed by atoms with Gasteiger partial charge in [-0.3, -0.25) is 4.79 Å². The number of hydrogen-bond acceptors (Lipinski definition) is 4. The predicted molar refractivity (Wildman–Crippen MR) is 52.8 cm³/mol. The molecule has 0 bridgehead atoms. The predicted octanol–water partition coefficient (Wildman–Crippen LogP) is -3.42. The first kappa shape index (κ1) is 13.9. The van der Waals surface area contributed by atoms with E-state index < -0.39 is 22.8 Å². The molecule has 0 saturated carbocycles. The Hall–Kier alpha value is 0.886. The number of aliphatic carboxylic acids is 1. The van der Waals surface area contributed by atoms with Gasteiger partial charge in [-0.15, -0.1) is 11.8 Å². The van der Waals surface area contributed by atoms with E-state index in [1.54, 1.807) is 0 Å². The van der Waals surface area contributed by atoms with Crippen LogP contribution in [-0.4, -0.2) is 44.1 Å². The minimum absolute atomic E-state index is 0. The van der Waals surface area contributed by atoms with E-state index in [2.05, 4.69) is 0 Å². The molecule has 2 heterocycles. The second-order valence-electron chi connectivity index (χ2n) is 4.12. The van der Waals surface area contributed by atoms with Crippen molar-refractivity contribution in [3.8, 4) is 0 Å². The Morgan fingerprint density at radius 3 is 2.67 bits per heavy atom. The molecule has 3 N–H and O–H groups in total. The van der Waals surface area contributed by atoms with Crippen molar-refractivity contribution in [1.29, 1.82) is 0 Å². The standard InChI is InChI=1S/C8H12N2O3S.K.H/c1-8(2)4(7(12)13)10-5(11)3(9)6(10)14-8;;/h3-4,6H,9H2,1-2H3,(H,12,13);;/q;+1;-1/t3?,4-,6+;;/m0../s1. The molecule has 80 valence electrons. The molecular formula is C8H13KN2O3S. The Labute approximate surface area is 136 Å². The van der Waals surface area contributed by atoms with Crippen LogP contribution in [0.1, 0.15) is 15.3 Å². The fraction of sp³-hybridized carbons (Fsp3) is 0.750. The van der Waals surface area contributed by atoms with Crippen LogP contribution in [0.15, 0.2) is 0 Å². The topological polar surface area (TPSA) is 83.6 Å². The number of nitrogens with two attached hydrogens (primary N) is 1. The van der Waals surface area contributed by atoms with Crippen molar-refractivity contribution in [3.05, 3.63) is 0 Å². The van der Waals surface area contributed by atoms with Crippen molar-refractivity contribution in [1.82, 2.24) is 4.90 Å². The average Bonchev–Trinajstić information content (AvgIpc) is 2.34. The van der Waals surface area contributed by atoms with Crippen LogP contribution in [-0.2, 0) is 9.59 Å². The van der Waals surface area contributed by atoms with E-state index in [4.69, 9.17) is 10.8 Å². The number of nitrogens with zero attached hydrogens (tertiary/aromatic N) is 1. The third-order valence-corrected chi connectivity index (χ3v) is 4.31. The Kier molecular flexibility index (Phi) is 3.98. The molecule has 2 saturated heterocycles. The molecule has 1 unspecified atom stereocenters. The van der Waals surface area contributed by atoms with Gasteiger partial charge in [0, 0.05) is 4.75 Å². The molecule has 7 heteroatoms. The van der Waals surface area contributed by atoms with Gasteiger partial charge in [-0.25, -0.2) is 4.79 Å². The summed E-state index contributed by atoms with van der Waals surface area (Å²) in [5.74, 6) is -1.20. The number of β-lactam (4-membered cyclic amide) rings is 1. The van der Waals surface area contributed by atoms with Crippen molar-refractivity contribution < 1.29 is 67.5 Å². The molecule has 1 amide bonds. The fourth-order valence-electron chi connectivity index (χ4n) is 2.04. The number of fused-ring (bicyclic) bond motifs is 1. The summed E-state index contributed by atoms with van der Waals surface area (Å²) in [6.07, 6.45) is 0. The molecule has 0 spiro atoms. The number of carbonyl (C=O) groups is 2. The first-order chi connectivity index (χ1) is 6.36. The summed E-state index contributed by atoms with van der Waals surface area (Å²) in [7, 11) is 0. The second kappa shape index (κ2) is 4.28.